The van der Waals surface area contributed by atoms with Gasteiger partial charge in [-0.2, -0.15) is 5.01 Å². The van der Waals surface area contributed by atoms with Crippen molar-refractivity contribution in [1.82, 2.24) is 10.0 Å². The lowest BCUT2D eigenvalue weighted by Crippen LogP contribution is -2.52. The number of rotatable bonds is 6. The molecule has 10 heteroatoms. The van der Waals surface area contributed by atoms with Gasteiger partial charge in [-0.15, -0.1) is 0 Å². The van der Waals surface area contributed by atoms with Gasteiger partial charge < -0.3 is 0 Å². The highest BCUT2D eigenvalue weighted by molar-refractivity contribution is 6.30. The second kappa shape index (κ2) is 9.99. The van der Waals surface area contributed by atoms with Crippen molar-refractivity contribution >= 4 is 40.8 Å². The van der Waals surface area contributed by atoms with Crippen LogP contribution >= 0.6 is 11.6 Å². The molecule has 1 aliphatic heterocycles. The Morgan fingerprint density at radius 1 is 0.721 bits per heavy atom. The zero-order valence-corrected chi connectivity index (χ0v) is 23.2. The summed E-state index contributed by atoms with van der Waals surface area (Å²) >= 11 is 6.03. The van der Waals surface area contributed by atoms with Crippen molar-refractivity contribution in [2.24, 2.45) is 11.8 Å². The molecule has 9 nitrogen and oxygen atoms in total. The van der Waals surface area contributed by atoms with Gasteiger partial charge in [0.2, 0.25) is 0 Å². The number of imide groups is 1. The van der Waals surface area contributed by atoms with Gasteiger partial charge in [0.05, 0.1) is 16.8 Å². The Kier molecular flexibility index (Phi) is 6.21. The van der Waals surface area contributed by atoms with Crippen molar-refractivity contribution in [3.05, 3.63) is 146 Å². The van der Waals surface area contributed by atoms with Gasteiger partial charge in [-0.1, -0.05) is 60.1 Å². The SMILES string of the molecule is O=C(CN(C(=O)c1ccc(Cl)cc1)N1C(=O)[C@@H]2C3c4ccccc4C(c4ccccc43)[C@@H]2C1=O)c1ccc([N+](=O)[O-])cc1. The van der Waals surface area contributed by atoms with Crippen LogP contribution in [0.25, 0.3) is 0 Å². The number of nitro groups is 1. The van der Waals surface area contributed by atoms with Crippen LogP contribution in [0, 0.1) is 22.0 Å². The molecule has 212 valence electrons. The lowest BCUT2D eigenvalue weighted by Gasteiger charge is -2.45. The van der Waals surface area contributed by atoms with Crippen molar-refractivity contribution < 1.29 is 24.1 Å². The number of carbonyl (C=O) groups is 4. The third-order valence-electron chi connectivity index (χ3n) is 8.69. The van der Waals surface area contributed by atoms with Gasteiger partial charge in [-0.25, -0.2) is 5.01 Å². The molecule has 1 fully saturated rings. The van der Waals surface area contributed by atoms with Gasteiger partial charge in [0.1, 0.15) is 6.54 Å². The third-order valence-corrected chi connectivity index (χ3v) is 8.94. The lowest BCUT2D eigenvalue weighted by molar-refractivity contribution is -0.384. The zero-order valence-electron chi connectivity index (χ0n) is 22.4. The number of nitrogens with zero attached hydrogens (tertiary/aromatic N) is 3. The molecule has 8 rings (SSSR count). The van der Waals surface area contributed by atoms with E-state index in [1.54, 1.807) is 0 Å². The maximum Gasteiger partial charge on any atom is 0.273 e. The topological polar surface area (TPSA) is 118 Å². The Bertz CT molecular complexity index is 1740. The van der Waals surface area contributed by atoms with Crippen LogP contribution in [0.2, 0.25) is 5.02 Å². The number of Topliss-reactive ketones (excluding diaryl/α,β-unsaturated/α-hetero) is 1. The minimum Gasteiger partial charge on any atom is -0.292 e. The van der Waals surface area contributed by atoms with E-state index in [9.17, 15) is 29.3 Å². The molecule has 4 aliphatic rings. The summed E-state index contributed by atoms with van der Waals surface area (Å²) < 4.78 is 0. The first-order valence-electron chi connectivity index (χ1n) is 13.7. The molecule has 3 amide bonds. The second-order valence-electron chi connectivity index (χ2n) is 10.8. The summed E-state index contributed by atoms with van der Waals surface area (Å²) in [5.41, 5.74) is 3.94. The average molecular weight is 592 g/mol. The van der Waals surface area contributed by atoms with E-state index in [1.807, 2.05) is 48.5 Å². The van der Waals surface area contributed by atoms with Crippen LogP contribution in [0.5, 0.6) is 0 Å². The second-order valence-corrected chi connectivity index (χ2v) is 11.3. The summed E-state index contributed by atoms with van der Waals surface area (Å²) in [6.45, 7) is -0.634. The third kappa shape index (κ3) is 4.07. The maximum absolute atomic E-state index is 14.3. The summed E-state index contributed by atoms with van der Waals surface area (Å²) in [6, 6.07) is 26.4. The van der Waals surface area contributed by atoms with E-state index in [1.165, 1.54) is 48.5 Å². The molecule has 2 atom stereocenters. The molecule has 0 saturated carbocycles. The Balaban J connectivity index is 1.31. The highest BCUT2D eigenvalue weighted by atomic mass is 35.5. The van der Waals surface area contributed by atoms with E-state index in [-0.39, 0.29) is 28.7 Å². The van der Waals surface area contributed by atoms with Crippen LogP contribution in [-0.4, -0.2) is 45.0 Å². The minimum atomic E-state index is -0.753. The first-order chi connectivity index (χ1) is 20.8. The van der Waals surface area contributed by atoms with Crippen molar-refractivity contribution in [2.45, 2.75) is 11.8 Å². The molecule has 1 heterocycles. The lowest BCUT2D eigenvalue weighted by atomic mass is 9.55. The largest absolute Gasteiger partial charge is 0.292 e. The number of hydrazine groups is 1. The predicted octanol–water partition coefficient (Wildman–Crippen LogP) is 5.38. The van der Waals surface area contributed by atoms with E-state index in [0.717, 1.165) is 32.3 Å². The Morgan fingerprint density at radius 2 is 1.16 bits per heavy atom. The van der Waals surface area contributed by atoms with Gasteiger partial charge >= 0.3 is 0 Å². The Morgan fingerprint density at radius 3 is 1.60 bits per heavy atom. The first kappa shape index (κ1) is 26.7. The van der Waals surface area contributed by atoms with Crippen molar-refractivity contribution in [3.8, 4) is 0 Å². The molecule has 43 heavy (non-hydrogen) atoms. The fraction of sp³-hybridized carbons (Fsp3) is 0.152. The quantitative estimate of drug-likeness (QED) is 0.129. The van der Waals surface area contributed by atoms with E-state index in [0.29, 0.717) is 5.02 Å². The number of carbonyl (C=O) groups excluding carboxylic acids is 4. The van der Waals surface area contributed by atoms with E-state index in [4.69, 9.17) is 11.6 Å². The molecular formula is C33H22ClN3O6. The normalized spacial score (nSPS) is 21.2. The molecule has 2 bridgehead atoms. The predicted molar refractivity (Wildman–Crippen MR) is 155 cm³/mol. The fourth-order valence-electron chi connectivity index (χ4n) is 6.87. The van der Waals surface area contributed by atoms with Crippen LogP contribution in [0.15, 0.2) is 97.1 Å². The maximum atomic E-state index is 14.3. The highest BCUT2D eigenvalue weighted by Crippen LogP contribution is 2.61. The molecule has 0 unspecified atom stereocenters. The molecule has 1 saturated heterocycles. The van der Waals surface area contributed by atoms with Crippen LogP contribution in [0.3, 0.4) is 0 Å². The molecule has 3 aliphatic carbocycles. The van der Waals surface area contributed by atoms with Crippen LogP contribution in [0.1, 0.15) is 54.8 Å². The summed E-state index contributed by atoms with van der Waals surface area (Å²) in [6.07, 6.45) is 0. The Hall–Kier alpha value is -5.15. The molecule has 0 N–H and O–H groups in total. The average Bonchev–Trinajstić information content (AvgIpc) is 3.29. The van der Waals surface area contributed by atoms with Crippen LogP contribution in [-0.2, 0) is 9.59 Å². The van der Waals surface area contributed by atoms with E-state index >= 15 is 0 Å². The van der Waals surface area contributed by atoms with Gasteiger partial charge in [0, 0.05) is 40.1 Å². The summed E-state index contributed by atoms with van der Waals surface area (Å²) in [4.78, 5) is 66.6. The fourth-order valence-corrected chi connectivity index (χ4v) is 7.00. The number of hydrogen-bond donors (Lipinski definition) is 0. The molecule has 0 radical (unpaired) electrons. The minimum absolute atomic E-state index is 0.0934. The standard InChI is InChI=1S/C33H22ClN3O6/c34-20-13-9-19(10-14-20)31(39)35(17-26(38)18-11-15-21(16-12-18)37(42)43)36-32(40)29-27-22-5-1-2-6-23(22)28(30(29)33(36)41)25-8-4-3-7-24(25)27/h1-16,27-30H,17H2/t27?,28?,29-,30+. The summed E-state index contributed by atoms with van der Waals surface area (Å²) in [7, 11) is 0. The molecule has 4 aromatic carbocycles. The van der Waals surface area contributed by atoms with Gasteiger partial charge in [0.15, 0.2) is 5.78 Å². The number of halogens is 1. The molecule has 0 aromatic heterocycles. The number of hydrogen-bond acceptors (Lipinski definition) is 6. The highest BCUT2D eigenvalue weighted by Gasteiger charge is 2.63. The number of non-ortho nitro benzene ring substituents is 1. The first-order valence-corrected chi connectivity index (χ1v) is 14.0. The van der Waals surface area contributed by atoms with Crippen LogP contribution in [0.4, 0.5) is 5.69 Å². The van der Waals surface area contributed by atoms with Crippen LogP contribution < -0.4 is 0 Å². The molecule has 4 aromatic rings. The van der Waals surface area contributed by atoms with Crippen molar-refractivity contribution in [3.63, 3.8) is 0 Å². The van der Waals surface area contributed by atoms with Gasteiger partial charge in [0.25, 0.3) is 23.4 Å². The zero-order chi connectivity index (χ0) is 30.0. The van der Waals surface area contributed by atoms with Crippen molar-refractivity contribution in [1.29, 1.82) is 0 Å². The van der Waals surface area contributed by atoms with Gasteiger partial charge in [-0.3, -0.25) is 29.3 Å². The van der Waals surface area contributed by atoms with Gasteiger partial charge in [-0.05, 0) is 58.7 Å². The Labute approximate surface area is 250 Å². The number of nitro benzene ring substituents is 1. The number of benzene rings is 4. The number of ketones is 1. The molecular weight excluding hydrogens is 570 g/mol. The van der Waals surface area contributed by atoms with E-state index < -0.39 is 46.8 Å². The smallest absolute Gasteiger partial charge is 0.273 e. The molecule has 0 spiro atoms. The van der Waals surface area contributed by atoms with E-state index in [2.05, 4.69) is 0 Å². The monoisotopic (exact) mass is 591 g/mol. The van der Waals surface area contributed by atoms with Crippen molar-refractivity contribution in [2.75, 3.05) is 6.54 Å². The summed E-state index contributed by atoms with van der Waals surface area (Å²) in [5, 5.41) is 13.2. The number of amides is 3. The summed E-state index contributed by atoms with van der Waals surface area (Å²) in [5.74, 6) is -4.70.